The molecule has 1 atom stereocenters. The molecule has 108 valence electrons. The predicted molar refractivity (Wildman–Crippen MR) is 74.4 cm³/mol. The molecule has 2 N–H and O–H groups in total. The summed E-state index contributed by atoms with van der Waals surface area (Å²) in [4.78, 5) is 25.3. The largest absolute Gasteiger partial charge is 0.480 e. The van der Waals surface area contributed by atoms with E-state index in [0.717, 1.165) is 11.1 Å². The van der Waals surface area contributed by atoms with Crippen LogP contribution in [0.15, 0.2) is 36.5 Å². The fraction of sp³-hybridized carbons (Fsp3) is 0.267. The topological polar surface area (TPSA) is 86.3 Å². The second-order valence-corrected chi connectivity index (χ2v) is 5.11. The lowest BCUT2D eigenvalue weighted by molar-refractivity contribution is -0.151. The van der Waals surface area contributed by atoms with Crippen molar-refractivity contribution in [3.63, 3.8) is 0 Å². The summed E-state index contributed by atoms with van der Waals surface area (Å²) in [6, 6.07) is 8.55. The lowest BCUT2D eigenvalue weighted by atomic mass is 9.93. The van der Waals surface area contributed by atoms with Crippen LogP contribution in [-0.4, -0.2) is 38.1 Å². The van der Waals surface area contributed by atoms with Crippen molar-refractivity contribution in [2.75, 3.05) is 0 Å². The standard InChI is InChI=1S/C15H15N3O3/c19-14(8-12-5-6-16-17-12)18-9-11-4-2-1-3-10(11)7-13(18)15(20)21/h1-6,13H,7-9H2,(H,16,17)(H,20,21). The molecule has 1 unspecified atom stereocenters. The molecule has 1 aliphatic heterocycles. The first-order chi connectivity index (χ1) is 10.1. The van der Waals surface area contributed by atoms with Gasteiger partial charge < -0.3 is 10.0 Å². The Labute approximate surface area is 121 Å². The molecule has 21 heavy (non-hydrogen) atoms. The minimum atomic E-state index is -0.970. The number of aromatic amines is 1. The van der Waals surface area contributed by atoms with Crippen molar-refractivity contribution in [1.29, 1.82) is 0 Å². The van der Waals surface area contributed by atoms with E-state index in [1.165, 1.54) is 4.90 Å². The molecule has 0 spiro atoms. The minimum Gasteiger partial charge on any atom is -0.480 e. The third kappa shape index (κ3) is 2.65. The molecule has 0 aliphatic carbocycles. The molecule has 2 aromatic rings. The Morgan fingerprint density at radius 2 is 2.05 bits per heavy atom. The summed E-state index contributed by atoms with van der Waals surface area (Å²) in [7, 11) is 0. The van der Waals surface area contributed by atoms with Crippen molar-refractivity contribution in [2.45, 2.75) is 25.4 Å². The van der Waals surface area contributed by atoms with E-state index in [9.17, 15) is 14.7 Å². The molecule has 0 bridgehead atoms. The molecule has 2 heterocycles. The Balaban J connectivity index is 1.85. The zero-order chi connectivity index (χ0) is 14.8. The average Bonchev–Trinajstić information content (AvgIpc) is 2.98. The van der Waals surface area contributed by atoms with Gasteiger partial charge in [-0.3, -0.25) is 9.89 Å². The van der Waals surface area contributed by atoms with Crippen LogP contribution in [0.3, 0.4) is 0 Å². The average molecular weight is 285 g/mol. The van der Waals surface area contributed by atoms with Crippen LogP contribution in [0.1, 0.15) is 16.8 Å². The molecule has 0 saturated carbocycles. The molecule has 1 amide bonds. The van der Waals surface area contributed by atoms with Crippen LogP contribution >= 0.6 is 0 Å². The number of benzene rings is 1. The number of H-pyrrole nitrogens is 1. The summed E-state index contributed by atoms with van der Waals surface area (Å²) in [6.07, 6.45) is 2.05. The number of amides is 1. The Morgan fingerprint density at radius 3 is 2.71 bits per heavy atom. The highest BCUT2D eigenvalue weighted by molar-refractivity contribution is 5.85. The first kappa shape index (κ1) is 13.4. The van der Waals surface area contributed by atoms with Crippen LogP contribution in [0.2, 0.25) is 0 Å². The quantitative estimate of drug-likeness (QED) is 0.880. The molecule has 1 aromatic carbocycles. The van der Waals surface area contributed by atoms with Gasteiger partial charge in [0.15, 0.2) is 0 Å². The van der Waals surface area contributed by atoms with E-state index in [2.05, 4.69) is 10.2 Å². The number of hydrogen-bond acceptors (Lipinski definition) is 3. The highest BCUT2D eigenvalue weighted by Crippen LogP contribution is 2.24. The number of carboxylic acids is 1. The number of rotatable bonds is 3. The van der Waals surface area contributed by atoms with Gasteiger partial charge in [0.1, 0.15) is 6.04 Å². The number of aliphatic carboxylic acids is 1. The highest BCUT2D eigenvalue weighted by atomic mass is 16.4. The van der Waals surface area contributed by atoms with E-state index in [1.807, 2.05) is 24.3 Å². The van der Waals surface area contributed by atoms with Gasteiger partial charge in [0.25, 0.3) is 0 Å². The van der Waals surface area contributed by atoms with Crippen LogP contribution in [-0.2, 0) is 29.0 Å². The first-order valence-corrected chi connectivity index (χ1v) is 6.72. The van der Waals surface area contributed by atoms with Crippen molar-refractivity contribution in [1.82, 2.24) is 15.1 Å². The summed E-state index contributed by atoms with van der Waals surface area (Å²) in [5.74, 6) is -1.18. The van der Waals surface area contributed by atoms with Crippen LogP contribution in [0.4, 0.5) is 0 Å². The van der Waals surface area contributed by atoms with Crippen molar-refractivity contribution in [3.05, 3.63) is 53.3 Å². The highest BCUT2D eigenvalue weighted by Gasteiger charge is 2.34. The van der Waals surface area contributed by atoms with E-state index < -0.39 is 12.0 Å². The third-order valence-corrected chi connectivity index (χ3v) is 3.75. The zero-order valence-corrected chi connectivity index (χ0v) is 11.3. The molecular weight excluding hydrogens is 270 g/mol. The van der Waals surface area contributed by atoms with E-state index in [0.29, 0.717) is 18.7 Å². The molecule has 3 rings (SSSR count). The lowest BCUT2D eigenvalue weighted by Crippen LogP contribution is -2.49. The van der Waals surface area contributed by atoms with E-state index in [-0.39, 0.29) is 12.3 Å². The first-order valence-electron chi connectivity index (χ1n) is 6.72. The molecule has 6 nitrogen and oxygen atoms in total. The summed E-state index contributed by atoms with van der Waals surface area (Å²) >= 11 is 0. The zero-order valence-electron chi connectivity index (χ0n) is 11.3. The van der Waals surface area contributed by atoms with E-state index >= 15 is 0 Å². The maximum atomic E-state index is 12.4. The normalized spacial score (nSPS) is 17.3. The molecular formula is C15H15N3O3. The number of carbonyl (C=O) groups excluding carboxylic acids is 1. The maximum Gasteiger partial charge on any atom is 0.326 e. The molecule has 0 saturated heterocycles. The smallest absolute Gasteiger partial charge is 0.326 e. The van der Waals surface area contributed by atoms with Gasteiger partial charge in [-0.25, -0.2) is 4.79 Å². The lowest BCUT2D eigenvalue weighted by Gasteiger charge is -2.34. The van der Waals surface area contributed by atoms with Gasteiger partial charge in [0, 0.05) is 24.9 Å². The van der Waals surface area contributed by atoms with E-state index in [4.69, 9.17) is 0 Å². The van der Waals surface area contributed by atoms with Crippen molar-refractivity contribution < 1.29 is 14.7 Å². The molecule has 0 fully saturated rings. The number of aromatic nitrogens is 2. The molecule has 1 aliphatic rings. The van der Waals surface area contributed by atoms with Gasteiger partial charge in [-0.1, -0.05) is 24.3 Å². The Morgan fingerprint density at radius 1 is 1.29 bits per heavy atom. The number of carbonyl (C=O) groups is 2. The van der Waals surface area contributed by atoms with E-state index in [1.54, 1.807) is 12.3 Å². The van der Waals surface area contributed by atoms with Crippen molar-refractivity contribution in [2.24, 2.45) is 0 Å². The number of nitrogens with zero attached hydrogens (tertiary/aromatic N) is 2. The number of nitrogens with one attached hydrogen (secondary N) is 1. The summed E-state index contributed by atoms with van der Waals surface area (Å²) in [6.45, 7) is 0.333. The number of carboxylic acid groups (broad SMARTS) is 1. The fourth-order valence-electron chi connectivity index (χ4n) is 2.65. The van der Waals surface area contributed by atoms with Crippen LogP contribution < -0.4 is 0 Å². The van der Waals surface area contributed by atoms with Gasteiger partial charge in [-0.15, -0.1) is 0 Å². The fourth-order valence-corrected chi connectivity index (χ4v) is 2.65. The van der Waals surface area contributed by atoms with Gasteiger partial charge in [-0.2, -0.15) is 5.10 Å². The van der Waals surface area contributed by atoms with Gasteiger partial charge in [0.05, 0.1) is 6.42 Å². The Hall–Kier alpha value is -2.63. The number of hydrogen-bond donors (Lipinski definition) is 2. The summed E-state index contributed by atoms with van der Waals surface area (Å²) in [5, 5.41) is 15.9. The molecule has 0 radical (unpaired) electrons. The van der Waals surface area contributed by atoms with Crippen LogP contribution in [0, 0.1) is 0 Å². The van der Waals surface area contributed by atoms with Gasteiger partial charge >= 0.3 is 5.97 Å². The molecule has 1 aromatic heterocycles. The Bertz CT molecular complexity index is 667. The minimum absolute atomic E-state index is 0.131. The van der Waals surface area contributed by atoms with Crippen molar-refractivity contribution >= 4 is 11.9 Å². The maximum absolute atomic E-state index is 12.4. The van der Waals surface area contributed by atoms with Gasteiger partial charge in [-0.05, 0) is 17.2 Å². The third-order valence-electron chi connectivity index (χ3n) is 3.75. The van der Waals surface area contributed by atoms with Crippen molar-refractivity contribution in [3.8, 4) is 0 Å². The summed E-state index contributed by atoms with van der Waals surface area (Å²) < 4.78 is 0. The second-order valence-electron chi connectivity index (χ2n) is 5.11. The molecule has 6 heteroatoms. The monoisotopic (exact) mass is 285 g/mol. The number of fused-ring (bicyclic) bond motifs is 1. The second kappa shape index (κ2) is 5.40. The predicted octanol–water partition coefficient (Wildman–Crippen LogP) is 0.990. The SMILES string of the molecule is O=C(O)C1Cc2ccccc2CN1C(=O)Cc1ccn[nH]1. The summed E-state index contributed by atoms with van der Waals surface area (Å²) in [5.41, 5.74) is 2.69. The van der Waals surface area contributed by atoms with Gasteiger partial charge in [0.2, 0.25) is 5.91 Å². The van der Waals surface area contributed by atoms with Crippen LogP contribution in [0.25, 0.3) is 0 Å². The Kier molecular flexibility index (Phi) is 3.43. The van der Waals surface area contributed by atoms with Crippen LogP contribution in [0.5, 0.6) is 0 Å².